The fourth-order valence-electron chi connectivity index (χ4n) is 4.34. The number of thioether (sulfide) groups is 1. The SMILES string of the molecule is COC(=O)N(NC(=O)c1c(CN2CCSC2)c(-c2ccccc2)nc2ccccc12)c1ccccc1. The molecule has 3 aromatic carbocycles. The van der Waals surface area contributed by atoms with Gasteiger partial charge in [0, 0.05) is 41.2 Å². The van der Waals surface area contributed by atoms with E-state index in [1.165, 1.54) is 7.11 Å². The summed E-state index contributed by atoms with van der Waals surface area (Å²) in [5.41, 5.74) is 7.05. The first-order valence-electron chi connectivity index (χ1n) is 11.7. The Morgan fingerprint density at radius 2 is 1.69 bits per heavy atom. The van der Waals surface area contributed by atoms with Gasteiger partial charge in [-0.25, -0.2) is 9.78 Å². The fourth-order valence-corrected chi connectivity index (χ4v) is 5.34. The number of pyridine rings is 1. The van der Waals surface area contributed by atoms with Crippen molar-refractivity contribution in [3.05, 3.63) is 96.1 Å². The molecule has 1 fully saturated rings. The molecule has 0 unspecified atom stereocenters. The summed E-state index contributed by atoms with van der Waals surface area (Å²) >= 11 is 1.87. The van der Waals surface area contributed by atoms with Crippen LogP contribution in [-0.2, 0) is 11.3 Å². The van der Waals surface area contributed by atoms with Crippen molar-refractivity contribution in [2.24, 2.45) is 0 Å². The number of hydrogen-bond donors (Lipinski definition) is 1. The molecule has 0 bridgehead atoms. The van der Waals surface area contributed by atoms with Crippen LogP contribution in [0, 0.1) is 0 Å². The van der Waals surface area contributed by atoms with Gasteiger partial charge in [-0.3, -0.25) is 15.1 Å². The Labute approximate surface area is 214 Å². The molecule has 1 aromatic heterocycles. The third-order valence-corrected chi connectivity index (χ3v) is 7.08. The minimum absolute atomic E-state index is 0.401. The summed E-state index contributed by atoms with van der Waals surface area (Å²) in [4.78, 5) is 34.0. The van der Waals surface area contributed by atoms with Gasteiger partial charge in [-0.1, -0.05) is 66.7 Å². The number of nitrogens with zero attached hydrogens (tertiary/aromatic N) is 3. The zero-order valence-corrected chi connectivity index (χ0v) is 20.7. The molecule has 8 heteroatoms. The molecular weight excluding hydrogens is 472 g/mol. The second-order valence-electron chi connectivity index (χ2n) is 8.37. The predicted molar refractivity (Wildman–Crippen MR) is 144 cm³/mol. The number of hydrazine groups is 1. The molecule has 182 valence electrons. The Kier molecular flexibility index (Phi) is 7.16. The number of benzene rings is 3. The first-order valence-corrected chi connectivity index (χ1v) is 12.8. The lowest BCUT2D eigenvalue weighted by molar-refractivity contribution is 0.0941. The van der Waals surface area contributed by atoms with Crippen LogP contribution in [0.5, 0.6) is 0 Å². The van der Waals surface area contributed by atoms with Gasteiger partial charge >= 0.3 is 6.09 Å². The van der Waals surface area contributed by atoms with E-state index in [0.717, 1.165) is 45.4 Å². The smallest absolute Gasteiger partial charge is 0.433 e. The number of carbonyl (C=O) groups is 2. The molecule has 4 aromatic rings. The van der Waals surface area contributed by atoms with Crippen LogP contribution < -0.4 is 10.4 Å². The van der Waals surface area contributed by atoms with Crippen molar-refractivity contribution in [2.75, 3.05) is 30.3 Å². The molecule has 7 nitrogen and oxygen atoms in total. The molecule has 1 N–H and O–H groups in total. The summed E-state index contributed by atoms with van der Waals surface area (Å²) in [6.07, 6.45) is -0.686. The maximum absolute atomic E-state index is 14.0. The summed E-state index contributed by atoms with van der Waals surface area (Å²) in [5, 5.41) is 1.87. The van der Waals surface area contributed by atoms with Crippen LogP contribution in [0.1, 0.15) is 15.9 Å². The van der Waals surface area contributed by atoms with Crippen molar-refractivity contribution in [3.8, 4) is 11.3 Å². The lowest BCUT2D eigenvalue weighted by atomic mass is 9.95. The van der Waals surface area contributed by atoms with Gasteiger partial charge in [-0.05, 0) is 18.2 Å². The minimum atomic E-state index is -0.686. The van der Waals surface area contributed by atoms with E-state index in [1.807, 2.05) is 72.4 Å². The lowest BCUT2D eigenvalue weighted by Crippen LogP contribution is -2.47. The molecule has 36 heavy (non-hydrogen) atoms. The maximum Gasteiger partial charge on any atom is 0.433 e. The van der Waals surface area contributed by atoms with Gasteiger partial charge in [0.15, 0.2) is 0 Å². The maximum atomic E-state index is 14.0. The zero-order chi connectivity index (χ0) is 24.9. The molecule has 0 radical (unpaired) electrons. The Bertz CT molecular complexity index is 1380. The van der Waals surface area contributed by atoms with Crippen molar-refractivity contribution in [1.82, 2.24) is 15.3 Å². The van der Waals surface area contributed by atoms with E-state index < -0.39 is 12.0 Å². The average Bonchev–Trinajstić information content (AvgIpc) is 3.45. The van der Waals surface area contributed by atoms with Gasteiger partial charge in [0.25, 0.3) is 5.91 Å². The van der Waals surface area contributed by atoms with Crippen LogP contribution in [0.2, 0.25) is 0 Å². The lowest BCUT2D eigenvalue weighted by Gasteiger charge is -2.25. The predicted octanol–water partition coefficient (Wildman–Crippen LogP) is 5.33. The van der Waals surface area contributed by atoms with E-state index in [9.17, 15) is 9.59 Å². The summed E-state index contributed by atoms with van der Waals surface area (Å²) in [5.74, 6) is 1.54. The van der Waals surface area contributed by atoms with Crippen LogP contribution in [0.4, 0.5) is 10.5 Å². The van der Waals surface area contributed by atoms with Crippen LogP contribution >= 0.6 is 11.8 Å². The van der Waals surface area contributed by atoms with E-state index in [2.05, 4.69) is 10.3 Å². The fraction of sp³-hybridized carbons (Fsp3) is 0.179. The number of methoxy groups -OCH3 is 1. The molecule has 0 atom stereocenters. The number of rotatable bonds is 5. The molecule has 0 aliphatic carbocycles. The summed E-state index contributed by atoms with van der Waals surface area (Å²) < 4.78 is 4.97. The normalized spacial score (nSPS) is 13.5. The standard InChI is InChI=1S/C28H26N4O3S/c1-35-28(34)32(21-12-6-3-7-13-21)30-27(33)25-22-14-8-9-15-24(22)29-26(20-10-4-2-5-11-20)23(25)18-31-16-17-36-19-31/h2-15H,16-19H2,1H3,(H,30,33). The van der Waals surface area contributed by atoms with E-state index in [-0.39, 0.29) is 0 Å². The highest BCUT2D eigenvalue weighted by Crippen LogP contribution is 2.32. The van der Waals surface area contributed by atoms with Gasteiger partial charge in [0.2, 0.25) is 0 Å². The highest BCUT2D eigenvalue weighted by molar-refractivity contribution is 7.99. The number of fused-ring (bicyclic) bond motifs is 1. The number of hydrogen-bond acceptors (Lipinski definition) is 6. The van der Waals surface area contributed by atoms with Crippen molar-refractivity contribution in [1.29, 1.82) is 0 Å². The van der Waals surface area contributed by atoms with Crippen molar-refractivity contribution in [3.63, 3.8) is 0 Å². The summed E-state index contributed by atoms with van der Waals surface area (Å²) in [7, 11) is 1.29. The van der Waals surface area contributed by atoms with E-state index in [4.69, 9.17) is 9.72 Å². The van der Waals surface area contributed by atoms with Gasteiger partial charge < -0.3 is 4.74 Å². The second-order valence-corrected chi connectivity index (χ2v) is 9.44. The van der Waals surface area contributed by atoms with Crippen molar-refractivity contribution >= 4 is 40.4 Å². The zero-order valence-electron chi connectivity index (χ0n) is 19.9. The minimum Gasteiger partial charge on any atom is -0.451 e. The monoisotopic (exact) mass is 498 g/mol. The van der Waals surface area contributed by atoms with Crippen LogP contribution in [0.3, 0.4) is 0 Å². The number of ether oxygens (including phenoxy) is 1. The highest BCUT2D eigenvalue weighted by Gasteiger charge is 2.27. The van der Waals surface area contributed by atoms with E-state index in [0.29, 0.717) is 23.3 Å². The first kappa shape index (κ1) is 23.8. The molecule has 5 rings (SSSR count). The number of para-hydroxylation sites is 2. The molecule has 1 aliphatic rings. The number of anilines is 1. The second kappa shape index (κ2) is 10.8. The molecule has 1 saturated heterocycles. The van der Waals surface area contributed by atoms with Gasteiger partial charge in [-0.2, -0.15) is 5.01 Å². The molecule has 2 amide bonds. The van der Waals surface area contributed by atoms with Crippen molar-refractivity contribution in [2.45, 2.75) is 6.54 Å². The summed E-state index contributed by atoms with van der Waals surface area (Å²) in [6, 6.07) is 26.4. The van der Waals surface area contributed by atoms with E-state index >= 15 is 0 Å². The number of carbonyl (C=O) groups excluding carboxylic acids is 2. The quantitative estimate of drug-likeness (QED) is 0.375. The Morgan fingerprint density at radius 1 is 1.00 bits per heavy atom. The molecule has 1 aliphatic heterocycles. The Hall–Kier alpha value is -3.88. The number of nitrogens with one attached hydrogen (secondary N) is 1. The van der Waals surface area contributed by atoms with Gasteiger partial charge in [0.05, 0.1) is 29.6 Å². The van der Waals surface area contributed by atoms with Gasteiger partial charge in [0.1, 0.15) is 0 Å². The van der Waals surface area contributed by atoms with Gasteiger partial charge in [-0.15, -0.1) is 11.8 Å². The third kappa shape index (κ3) is 4.91. The Morgan fingerprint density at radius 3 is 2.39 bits per heavy atom. The number of amides is 2. The highest BCUT2D eigenvalue weighted by atomic mass is 32.2. The topological polar surface area (TPSA) is 74.8 Å². The van der Waals surface area contributed by atoms with Crippen LogP contribution in [0.25, 0.3) is 22.2 Å². The van der Waals surface area contributed by atoms with Crippen LogP contribution in [0.15, 0.2) is 84.9 Å². The summed E-state index contributed by atoms with van der Waals surface area (Å²) in [6.45, 7) is 1.51. The third-order valence-electron chi connectivity index (χ3n) is 6.06. The van der Waals surface area contributed by atoms with Crippen molar-refractivity contribution < 1.29 is 14.3 Å². The molecule has 2 heterocycles. The van der Waals surface area contributed by atoms with Crippen LogP contribution in [-0.4, -0.2) is 47.2 Å². The number of aromatic nitrogens is 1. The molecule has 0 saturated carbocycles. The Balaban J connectivity index is 1.67. The van der Waals surface area contributed by atoms with E-state index in [1.54, 1.807) is 24.3 Å². The molecular formula is C28H26N4O3S. The molecule has 0 spiro atoms. The largest absolute Gasteiger partial charge is 0.451 e. The average molecular weight is 499 g/mol. The first-order chi connectivity index (χ1) is 17.7.